The molecule has 48 heavy (non-hydrogen) atoms. The van der Waals surface area contributed by atoms with Crippen LogP contribution in [0.4, 0.5) is 5.95 Å². The second kappa shape index (κ2) is 26.9. The van der Waals surface area contributed by atoms with Gasteiger partial charge in [-0.1, -0.05) is 142 Å². The molecule has 0 fully saturated rings. The Kier molecular flexibility index (Phi) is 23.1. The van der Waals surface area contributed by atoms with E-state index in [9.17, 15) is 14.4 Å². The highest BCUT2D eigenvalue weighted by Gasteiger charge is 2.18. The van der Waals surface area contributed by atoms with Crippen molar-refractivity contribution >= 4 is 29.1 Å². The number of hydrogen-bond donors (Lipinski definition) is 2. The van der Waals surface area contributed by atoms with Crippen LogP contribution in [0.15, 0.2) is 11.1 Å². The summed E-state index contributed by atoms with van der Waals surface area (Å²) >= 11 is 0. The minimum absolute atomic E-state index is 0.0292. The molecule has 0 aliphatic heterocycles. The Balaban J connectivity index is 1.70. The highest BCUT2D eigenvalue weighted by atomic mass is 16.6. The van der Waals surface area contributed by atoms with E-state index in [1.54, 1.807) is 0 Å². The van der Waals surface area contributed by atoms with E-state index in [4.69, 9.17) is 19.9 Å². The number of nitrogens with zero attached hydrogens (tertiary/aromatic N) is 3. The predicted molar refractivity (Wildman–Crippen MR) is 192 cm³/mol. The Morgan fingerprint density at radius 1 is 0.708 bits per heavy atom. The molecular weight excluding hydrogens is 610 g/mol. The molecule has 274 valence electrons. The second-order valence-corrected chi connectivity index (χ2v) is 13.2. The van der Waals surface area contributed by atoms with Crippen LogP contribution in [0.25, 0.3) is 11.2 Å². The number of anilines is 1. The lowest BCUT2D eigenvalue weighted by molar-refractivity contribution is -0.157. The van der Waals surface area contributed by atoms with Gasteiger partial charge in [-0.15, -0.1) is 0 Å². The molecule has 0 unspecified atom stereocenters. The molecule has 2 aromatic heterocycles. The van der Waals surface area contributed by atoms with Gasteiger partial charge in [0.05, 0.1) is 6.33 Å². The maximum Gasteiger partial charge on any atom is 0.305 e. The summed E-state index contributed by atoms with van der Waals surface area (Å²) in [6.07, 6.45) is 28.1. The Morgan fingerprint density at radius 3 is 1.56 bits per heavy atom. The number of nitrogens with two attached hydrogens (primary N) is 1. The normalized spacial score (nSPS) is 11.5. The summed E-state index contributed by atoms with van der Waals surface area (Å²) in [5.74, 6) is -0.611. The number of aromatic amines is 1. The molecule has 2 rings (SSSR count). The zero-order valence-electron chi connectivity index (χ0n) is 30.1. The number of ether oxygens (including phenoxy) is 3. The van der Waals surface area contributed by atoms with Gasteiger partial charge in [0.15, 0.2) is 11.2 Å². The molecule has 0 saturated heterocycles. The first-order valence-electron chi connectivity index (χ1n) is 19.1. The Morgan fingerprint density at radius 2 is 1.12 bits per heavy atom. The third-order valence-electron chi connectivity index (χ3n) is 8.77. The number of esters is 2. The first-order valence-corrected chi connectivity index (χ1v) is 19.1. The fourth-order valence-corrected chi connectivity index (χ4v) is 5.78. The third kappa shape index (κ3) is 19.1. The van der Waals surface area contributed by atoms with Crippen molar-refractivity contribution < 1.29 is 23.8 Å². The molecule has 0 saturated carbocycles. The molecular formula is C37H65N5O6. The predicted octanol–water partition coefficient (Wildman–Crippen LogP) is 8.53. The summed E-state index contributed by atoms with van der Waals surface area (Å²) in [6, 6.07) is 0. The maximum absolute atomic E-state index is 12.5. The molecule has 0 amide bonds. The molecule has 0 spiro atoms. The molecule has 11 heteroatoms. The van der Waals surface area contributed by atoms with Gasteiger partial charge < -0.3 is 19.9 Å². The molecule has 0 aliphatic carbocycles. The summed E-state index contributed by atoms with van der Waals surface area (Å²) in [5, 5.41) is 0. The molecule has 0 aromatic carbocycles. The number of aromatic nitrogens is 4. The quantitative estimate of drug-likeness (QED) is 0.0591. The van der Waals surface area contributed by atoms with Crippen molar-refractivity contribution in [1.82, 2.24) is 19.5 Å². The van der Waals surface area contributed by atoms with E-state index in [2.05, 4.69) is 28.8 Å². The number of carbonyl (C=O) groups is 2. The summed E-state index contributed by atoms with van der Waals surface area (Å²) in [6.45, 7) is 4.34. The number of hydrogen-bond acceptors (Lipinski definition) is 9. The number of imidazole rings is 1. The number of carbonyl (C=O) groups excluding carboxylic acids is 2. The number of unbranched alkanes of at least 4 members (excludes halogenated alkanes) is 20. The van der Waals surface area contributed by atoms with Crippen LogP contribution in [0.3, 0.4) is 0 Å². The van der Waals surface area contributed by atoms with Gasteiger partial charge in [-0.2, -0.15) is 4.98 Å². The molecule has 3 N–H and O–H groups in total. The van der Waals surface area contributed by atoms with Crippen LogP contribution in [0.5, 0.6) is 0 Å². The highest BCUT2D eigenvalue weighted by molar-refractivity contribution is 5.70. The van der Waals surface area contributed by atoms with Crippen LogP contribution in [0.1, 0.15) is 168 Å². The van der Waals surface area contributed by atoms with Gasteiger partial charge in [0.25, 0.3) is 5.56 Å². The smallest absolute Gasteiger partial charge is 0.305 e. The van der Waals surface area contributed by atoms with Crippen LogP contribution in [-0.4, -0.2) is 50.8 Å². The standard InChI is InChI=1S/C37H65N5O6/c1-3-5-7-9-11-13-15-17-19-21-23-25-32(43)46-27-31(48-30-42-29-39-34-35(42)40-37(38)41-36(34)45)28-47-33(44)26-24-22-20-18-16-14-12-10-8-6-4-2/h29,31H,3-28,30H2,1-2H3,(H3,38,40,41,45). The van der Waals surface area contributed by atoms with Gasteiger partial charge >= 0.3 is 11.9 Å². The van der Waals surface area contributed by atoms with Crippen molar-refractivity contribution in [3.8, 4) is 0 Å². The molecule has 11 nitrogen and oxygen atoms in total. The lowest BCUT2D eigenvalue weighted by atomic mass is 10.1. The summed E-state index contributed by atoms with van der Waals surface area (Å²) < 4.78 is 18.6. The van der Waals surface area contributed by atoms with Crippen molar-refractivity contribution in [2.24, 2.45) is 0 Å². The van der Waals surface area contributed by atoms with Crippen molar-refractivity contribution in [3.63, 3.8) is 0 Å². The lowest BCUT2D eigenvalue weighted by Crippen LogP contribution is -2.29. The van der Waals surface area contributed by atoms with E-state index >= 15 is 0 Å². The van der Waals surface area contributed by atoms with Crippen LogP contribution < -0.4 is 11.3 Å². The minimum atomic E-state index is -0.690. The molecule has 0 bridgehead atoms. The fraction of sp³-hybridized carbons (Fsp3) is 0.811. The lowest BCUT2D eigenvalue weighted by Gasteiger charge is -2.18. The van der Waals surface area contributed by atoms with E-state index in [0.29, 0.717) is 12.8 Å². The molecule has 2 aromatic rings. The number of H-pyrrole nitrogens is 1. The second-order valence-electron chi connectivity index (χ2n) is 13.2. The number of nitrogen functional groups attached to an aromatic ring is 1. The molecule has 0 atom stereocenters. The Hall–Kier alpha value is -2.95. The molecule has 0 aliphatic rings. The van der Waals surface area contributed by atoms with E-state index in [1.807, 2.05) is 0 Å². The monoisotopic (exact) mass is 675 g/mol. The van der Waals surface area contributed by atoms with E-state index in [0.717, 1.165) is 38.5 Å². The summed E-state index contributed by atoms with van der Waals surface area (Å²) in [5.41, 5.74) is 5.68. The number of nitrogens with one attached hydrogen (secondary N) is 1. The van der Waals surface area contributed by atoms with Crippen LogP contribution in [0, 0.1) is 0 Å². The Bertz CT molecular complexity index is 1140. The van der Waals surface area contributed by atoms with Crippen molar-refractivity contribution in [3.05, 3.63) is 16.7 Å². The maximum atomic E-state index is 12.5. The van der Waals surface area contributed by atoms with Crippen molar-refractivity contribution in [1.29, 1.82) is 0 Å². The third-order valence-corrected chi connectivity index (χ3v) is 8.77. The first-order chi connectivity index (χ1) is 23.4. The van der Waals surface area contributed by atoms with E-state index < -0.39 is 11.7 Å². The van der Waals surface area contributed by atoms with Gasteiger partial charge in [-0.25, -0.2) is 4.98 Å². The molecule has 2 heterocycles. The molecule has 0 radical (unpaired) electrons. The minimum Gasteiger partial charge on any atom is -0.463 e. The summed E-state index contributed by atoms with van der Waals surface area (Å²) in [4.78, 5) is 47.8. The van der Waals surface area contributed by atoms with Gasteiger partial charge in [-0.05, 0) is 12.8 Å². The Labute approximate surface area is 288 Å². The average molecular weight is 676 g/mol. The fourth-order valence-electron chi connectivity index (χ4n) is 5.78. The number of fused-ring (bicyclic) bond motifs is 1. The van der Waals surface area contributed by atoms with Gasteiger partial charge in [0.2, 0.25) is 5.95 Å². The first kappa shape index (κ1) is 41.2. The van der Waals surface area contributed by atoms with Crippen LogP contribution in [0.2, 0.25) is 0 Å². The zero-order valence-corrected chi connectivity index (χ0v) is 30.1. The summed E-state index contributed by atoms with van der Waals surface area (Å²) in [7, 11) is 0. The highest BCUT2D eigenvalue weighted by Crippen LogP contribution is 2.14. The number of rotatable bonds is 31. The topological polar surface area (TPSA) is 151 Å². The van der Waals surface area contributed by atoms with Crippen LogP contribution >= 0.6 is 0 Å². The SMILES string of the molecule is CCCCCCCCCCCCCC(=O)OCC(COC(=O)CCCCCCCCCCCCC)OCn1cnc2c(=O)[nH]c(N)nc21. The van der Waals surface area contributed by atoms with Gasteiger partial charge in [0.1, 0.15) is 26.0 Å². The van der Waals surface area contributed by atoms with Gasteiger partial charge in [0, 0.05) is 12.8 Å². The zero-order chi connectivity index (χ0) is 34.7. The van der Waals surface area contributed by atoms with Gasteiger partial charge in [-0.3, -0.25) is 23.9 Å². The average Bonchev–Trinajstić information content (AvgIpc) is 3.48. The van der Waals surface area contributed by atoms with Crippen molar-refractivity contribution in [2.75, 3.05) is 18.9 Å². The van der Waals surface area contributed by atoms with E-state index in [1.165, 1.54) is 114 Å². The van der Waals surface area contributed by atoms with Crippen LogP contribution in [-0.2, 0) is 30.5 Å². The van der Waals surface area contributed by atoms with E-state index in [-0.39, 0.29) is 49.0 Å². The van der Waals surface area contributed by atoms with Crippen molar-refractivity contribution in [2.45, 2.75) is 181 Å². The largest absolute Gasteiger partial charge is 0.463 e.